The van der Waals surface area contributed by atoms with Gasteiger partial charge in [0.05, 0.1) is 18.0 Å². The van der Waals surface area contributed by atoms with Gasteiger partial charge in [-0.1, -0.05) is 18.2 Å². The van der Waals surface area contributed by atoms with Crippen molar-refractivity contribution in [3.8, 4) is 5.75 Å². The average molecular weight is 361 g/mol. The van der Waals surface area contributed by atoms with Crippen LogP contribution in [0.4, 0.5) is 5.69 Å². The Morgan fingerprint density at radius 2 is 1.72 bits per heavy atom. The molecule has 0 aliphatic heterocycles. The van der Waals surface area contributed by atoms with Crippen molar-refractivity contribution >= 4 is 21.5 Å². The molecule has 0 atom stereocenters. The van der Waals surface area contributed by atoms with E-state index in [0.717, 1.165) is 11.3 Å². The first-order chi connectivity index (χ1) is 11.8. The first-order valence-electron chi connectivity index (χ1n) is 8.15. The highest BCUT2D eigenvalue weighted by Gasteiger charge is 2.20. The van der Waals surface area contributed by atoms with Crippen LogP contribution in [0.2, 0.25) is 0 Å². The predicted octanol–water partition coefficient (Wildman–Crippen LogP) is 3.43. The van der Waals surface area contributed by atoms with Crippen LogP contribution in [0.25, 0.3) is 0 Å². The van der Waals surface area contributed by atoms with Gasteiger partial charge >= 0.3 is 0 Å². The van der Waals surface area contributed by atoms with Crippen molar-refractivity contribution in [2.45, 2.75) is 20.8 Å². The number of hydrogen-bond donors (Lipinski definition) is 0. The summed E-state index contributed by atoms with van der Waals surface area (Å²) in [5.41, 5.74) is 2.08. The minimum Gasteiger partial charge on any atom is -0.491 e. The van der Waals surface area contributed by atoms with Gasteiger partial charge in [-0.25, -0.2) is 8.42 Å². The molecule has 0 heterocycles. The first kappa shape index (κ1) is 19.0. The number of sulfonamides is 1. The molecule has 0 radical (unpaired) electrons. The van der Waals surface area contributed by atoms with Crippen molar-refractivity contribution in [2.24, 2.45) is 0 Å². The van der Waals surface area contributed by atoms with Crippen LogP contribution in [0.1, 0.15) is 29.8 Å². The molecule has 0 bridgehead atoms. The maximum absolute atomic E-state index is 12.4. The van der Waals surface area contributed by atoms with Gasteiger partial charge in [0, 0.05) is 5.56 Å². The predicted molar refractivity (Wildman–Crippen MR) is 99.9 cm³/mol. The van der Waals surface area contributed by atoms with Crippen LogP contribution in [-0.2, 0) is 10.0 Å². The average Bonchev–Trinajstić information content (AvgIpc) is 2.60. The van der Waals surface area contributed by atoms with Crippen LogP contribution in [-0.4, -0.2) is 33.1 Å². The number of ether oxygens (including phenoxy) is 1. The van der Waals surface area contributed by atoms with Gasteiger partial charge in [0.2, 0.25) is 10.0 Å². The molecule has 0 amide bonds. The fourth-order valence-electron chi connectivity index (χ4n) is 2.40. The van der Waals surface area contributed by atoms with Crippen LogP contribution in [0.3, 0.4) is 0 Å². The number of ketones is 1. The second kappa shape index (κ2) is 8.16. The van der Waals surface area contributed by atoms with Crippen molar-refractivity contribution in [2.75, 3.05) is 23.2 Å². The molecular weight excluding hydrogens is 338 g/mol. The van der Waals surface area contributed by atoms with E-state index in [1.165, 1.54) is 11.2 Å². The topological polar surface area (TPSA) is 63.7 Å². The summed E-state index contributed by atoms with van der Waals surface area (Å²) in [6, 6.07) is 14.2. The summed E-state index contributed by atoms with van der Waals surface area (Å²) < 4.78 is 31.9. The van der Waals surface area contributed by atoms with E-state index in [1.54, 1.807) is 31.2 Å². The van der Waals surface area contributed by atoms with E-state index < -0.39 is 10.0 Å². The Kier molecular flexibility index (Phi) is 6.20. The van der Waals surface area contributed by atoms with E-state index in [2.05, 4.69) is 0 Å². The fourth-order valence-corrected chi connectivity index (χ4v) is 3.51. The zero-order chi connectivity index (χ0) is 18.4. The van der Waals surface area contributed by atoms with Gasteiger partial charge in [0.1, 0.15) is 12.4 Å². The molecular formula is C19H23NO4S. The largest absolute Gasteiger partial charge is 0.491 e. The van der Waals surface area contributed by atoms with Crippen LogP contribution in [0.15, 0.2) is 48.5 Å². The summed E-state index contributed by atoms with van der Waals surface area (Å²) >= 11 is 0. The molecule has 0 unspecified atom stereocenters. The lowest BCUT2D eigenvalue weighted by atomic mass is 10.1. The van der Waals surface area contributed by atoms with E-state index in [0.29, 0.717) is 11.3 Å². The maximum Gasteiger partial charge on any atom is 0.234 e. The zero-order valence-electron chi connectivity index (χ0n) is 14.7. The third-order valence-corrected chi connectivity index (χ3v) is 5.70. The molecule has 134 valence electrons. The summed E-state index contributed by atoms with van der Waals surface area (Å²) in [6.07, 6.45) is 0. The van der Waals surface area contributed by atoms with Crippen LogP contribution in [0.5, 0.6) is 5.75 Å². The van der Waals surface area contributed by atoms with Crippen molar-refractivity contribution < 1.29 is 17.9 Å². The minimum atomic E-state index is -3.44. The van der Waals surface area contributed by atoms with Gasteiger partial charge in [-0.05, 0) is 56.7 Å². The molecule has 2 aromatic rings. The highest BCUT2D eigenvalue weighted by molar-refractivity contribution is 7.92. The number of anilines is 1. The first-order valence-corrected chi connectivity index (χ1v) is 9.76. The Labute approximate surface area is 149 Å². The summed E-state index contributed by atoms with van der Waals surface area (Å²) in [7, 11) is -3.44. The number of aryl methyl sites for hydroxylation is 1. The zero-order valence-corrected chi connectivity index (χ0v) is 15.5. The normalized spacial score (nSPS) is 11.2. The Hall–Kier alpha value is -2.34. The molecule has 2 aromatic carbocycles. The van der Waals surface area contributed by atoms with E-state index in [1.807, 2.05) is 31.2 Å². The van der Waals surface area contributed by atoms with Crippen molar-refractivity contribution in [3.05, 3.63) is 59.7 Å². The number of benzene rings is 2. The van der Waals surface area contributed by atoms with Crippen molar-refractivity contribution in [3.63, 3.8) is 0 Å². The molecule has 25 heavy (non-hydrogen) atoms. The van der Waals surface area contributed by atoms with Crippen LogP contribution >= 0.6 is 0 Å². The molecule has 0 N–H and O–H groups in total. The standard InChI is InChI=1S/C19H23NO4S/c1-4-25(22,23)20(18-11-9-17(10-12-18)16(3)21)13-14-24-19-8-6-5-7-15(19)2/h5-12H,4,13-14H2,1-3H3. The molecule has 0 saturated heterocycles. The molecule has 0 aliphatic rings. The molecule has 0 fully saturated rings. The molecule has 0 saturated carbocycles. The van der Waals surface area contributed by atoms with Crippen LogP contribution in [0, 0.1) is 6.92 Å². The Morgan fingerprint density at radius 3 is 2.28 bits per heavy atom. The molecule has 2 rings (SSSR count). The Morgan fingerprint density at radius 1 is 1.08 bits per heavy atom. The molecule has 0 spiro atoms. The Bertz CT molecular complexity index is 829. The second-order valence-corrected chi connectivity index (χ2v) is 7.87. The smallest absolute Gasteiger partial charge is 0.234 e. The molecule has 6 heteroatoms. The third kappa shape index (κ3) is 4.82. The summed E-state index contributed by atoms with van der Waals surface area (Å²) in [4.78, 5) is 11.4. The quantitative estimate of drug-likeness (QED) is 0.676. The number of Topliss-reactive ketones (excluding diaryl/α,β-unsaturated/α-hetero) is 1. The third-order valence-electron chi connectivity index (χ3n) is 3.91. The number of nitrogens with zero attached hydrogens (tertiary/aromatic N) is 1. The lowest BCUT2D eigenvalue weighted by molar-refractivity contribution is 0.101. The fraction of sp³-hybridized carbons (Fsp3) is 0.316. The van der Waals surface area contributed by atoms with Crippen molar-refractivity contribution in [1.29, 1.82) is 0 Å². The lowest BCUT2D eigenvalue weighted by Crippen LogP contribution is -2.35. The number of carbonyl (C=O) groups excluding carboxylic acids is 1. The van der Waals surface area contributed by atoms with E-state index >= 15 is 0 Å². The van der Waals surface area contributed by atoms with E-state index in [4.69, 9.17) is 4.74 Å². The van der Waals surface area contributed by atoms with Gasteiger partial charge in [-0.15, -0.1) is 0 Å². The molecule has 0 aliphatic carbocycles. The summed E-state index contributed by atoms with van der Waals surface area (Å²) in [5, 5.41) is 0. The highest BCUT2D eigenvalue weighted by Crippen LogP contribution is 2.21. The second-order valence-electron chi connectivity index (χ2n) is 5.69. The van der Waals surface area contributed by atoms with Crippen molar-refractivity contribution in [1.82, 2.24) is 0 Å². The van der Waals surface area contributed by atoms with E-state index in [9.17, 15) is 13.2 Å². The molecule has 5 nitrogen and oxygen atoms in total. The SMILES string of the molecule is CCS(=O)(=O)N(CCOc1ccccc1C)c1ccc(C(C)=O)cc1. The lowest BCUT2D eigenvalue weighted by Gasteiger charge is -2.24. The minimum absolute atomic E-state index is 0.00811. The number of para-hydroxylation sites is 1. The Balaban J connectivity index is 2.16. The van der Waals surface area contributed by atoms with Gasteiger partial charge < -0.3 is 4.74 Å². The van der Waals surface area contributed by atoms with Gasteiger partial charge in [0.15, 0.2) is 5.78 Å². The summed E-state index contributed by atoms with van der Waals surface area (Å²) in [6.45, 7) is 5.46. The maximum atomic E-state index is 12.4. The number of hydrogen-bond acceptors (Lipinski definition) is 4. The summed E-state index contributed by atoms with van der Waals surface area (Å²) in [5.74, 6) is 0.675. The number of rotatable bonds is 8. The number of carbonyl (C=O) groups is 1. The van der Waals surface area contributed by atoms with Gasteiger partial charge in [0.25, 0.3) is 0 Å². The van der Waals surface area contributed by atoms with Crippen LogP contribution < -0.4 is 9.04 Å². The monoisotopic (exact) mass is 361 g/mol. The highest BCUT2D eigenvalue weighted by atomic mass is 32.2. The van der Waals surface area contributed by atoms with Gasteiger partial charge in [-0.3, -0.25) is 9.10 Å². The van der Waals surface area contributed by atoms with Gasteiger partial charge in [-0.2, -0.15) is 0 Å². The van der Waals surface area contributed by atoms with E-state index in [-0.39, 0.29) is 24.7 Å². The molecule has 0 aromatic heterocycles.